The number of amidine groups is 1. The number of nitrogens with two attached hydrogens (primary N) is 1. The molecule has 0 aliphatic carbocycles. The monoisotopic (exact) mass is 209 g/mol. The first-order chi connectivity index (χ1) is 9.22. The predicted octanol–water partition coefficient (Wildman–Crippen LogP) is 1.13. The normalized spacial score (nSPS) is 17.9. The number of benzene rings is 1. The third-order valence-electron chi connectivity index (χ3n) is 1.43. The summed E-state index contributed by atoms with van der Waals surface area (Å²) < 4.78 is 38.2. The van der Waals surface area contributed by atoms with E-state index in [4.69, 9.17) is 18.0 Å². The lowest BCUT2D eigenvalue weighted by molar-refractivity contribution is 0.955. The van der Waals surface area contributed by atoms with Crippen molar-refractivity contribution in [2.75, 3.05) is 6.52 Å². The molecule has 0 radical (unpaired) electrons. The van der Waals surface area contributed by atoms with Gasteiger partial charge in [0.2, 0.25) is 0 Å². The lowest BCUT2D eigenvalue weighted by atomic mass is 10.2. The van der Waals surface area contributed by atoms with Crippen molar-refractivity contribution in [2.45, 2.75) is 13.3 Å². The number of hydrogen-bond donors (Lipinski definition) is 3. The summed E-state index contributed by atoms with van der Waals surface area (Å²) in [5.74, 6) is -0.00824. The first kappa shape index (κ1) is 5.90. The van der Waals surface area contributed by atoms with Crippen LogP contribution in [-0.2, 0) is 6.42 Å². The van der Waals surface area contributed by atoms with Crippen LogP contribution < -0.4 is 11.1 Å². The second kappa shape index (κ2) is 5.80. The molecule has 15 heavy (non-hydrogen) atoms. The van der Waals surface area contributed by atoms with Crippen molar-refractivity contribution in [1.82, 2.24) is 5.32 Å². The van der Waals surface area contributed by atoms with Crippen molar-refractivity contribution < 1.29 is 6.85 Å². The maximum Gasteiger partial charge on any atom is 0.194 e. The van der Waals surface area contributed by atoms with Crippen LogP contribution in [-0.4, -0.2) is 18.3 Å². The van der Waals surface area contributed by atoms with Crippen molar-refractivity contribution >= 4 is 11.8 Å². The molecule has 1 unspecified atom stereocenters. The largest absolute Gasteiger partial charge is 0.370 e. The highest BCUT2D eigenvalue weighted by atomic mass is 15.1. The Morgan fingerprint density at radius 1 is 1.67 bits per heavy atom. The van der Waals surface area contributed by atoms with Crippen LogP contribution in [0.4, 0.5) is 0 Å². The summed E-state index contributed by atoms with van der Waals surface area (Å²) in [5.41, 5.74) is 5.61. The molecule has 0 aliphatic rings. The number of nitrogens with one attached hydrogen (secondary N) is 2. The lowest BCUT2D eigenvalue weighted by Crippen LogP contribution is -2.35. The lowest BCUT2D eigenvalue weighted by Gasteiger charge is -2.02. The number of hydrogen-bond acceptors (Lipinski definition) is 2. The van der Waals surface area contributed by atoms with Gasteiger partial charge in [0.15, 0.2) is 5.96 Å². The second-order valence-corrected chi connectivity index (χ2v) is 2.81. The van der Waals surface area contributed by atoms with Crippen LogP contribution in [0.5, 0.6) is 0 Å². The zero-order valence-corrected chi connectivity index (χ0v) is 8.39. The molecular formula is C11H16N4. The molecule has 1 aromatic rings. The standard InChI is InChI=1S/C11H16N4/c1-9(12)15-11(13)14-8-7-10-5-3-2-4-6-10/h2-6H,7-8H2,1H3,(H4,12,13,14,15)/i3D,4D,5D,6D,8D. The van der Waals surface area contributed by atoms with Gasteiger partial charge in [0.1, 0.15) is 0 Å². The van der Waals surface area contributed by atoms with Crippen LogP contribution in [0.1, 0.15) is 19.3 Å². The fourth-order valence-electron chi connectivity index (χ4n) is 0.875. The van der Waals surface area contributed by atoms with Gasteiger partial charge in [-0.1, -0.05) is 30.2 Å². The molecular weight excluding hydrogens is 188 g/mol. The summed E-state index contributed by atoms with van der Waals surface area (Å²) in [6, 6.07) is 0.476. The summed E-state index contributed by atoms with van der Waals surface area (Å²) in [4.78, 5) is 3.77. The average molecular weight is 209 g/mol. The molecule has 0 aromatic heterocycles. The Bertz CT molecular complexity index is 532. The van der Waals surface area contributed by atoms with E-state index >= 15 is 0 Å². The number of guanidine groups is 1. The molecule has 0 saturated heterocycles. The number of aliphatic imine (C=N–C) groups is 1. The topological polar surface area (TPSA) is 74.3 Å². The first-order valence-corrected chi connectivity index (χ1v) is 4.36. The van der Waals surface area contributed by atoms with E-state index in [0.29, 0.717) is 0 Å². The highest BCUT2D eigenvalue weighted by Crippen LogP contribution is 1.98. The molecule has 4 N–H and O–H groups in total. The van der Waals surface area contributed by atoms with Crippen molar-refractivity contribution in [1.29, 1.82) is 5.41 Å². The van der Waals surface area contributed by atoms with Gasteiger partial charge in [0.25, 0.3) is 0 Å². The van der Waals surface area contributed by atoms with Gasteiger partial charge in [-0.25, -0.2) is 0 Å². The summed E-state index contributed by atoms with van der Waals surface area (Å²) >= 11 is 0. The Morgan fingerprint density at radius 3 is 2.93 bits per heavy atom. The van der Waals surface area contributed by atoms with Gasteiger partial charge >= 0.3 is 0 Å². The quantitative estimate of drug-likeness (QED) is 0.515. The molecule has 0 amide bonds. The van der Waals surface area contributed by atoms with Crippen LogP contribution >= 0.6 is 0 Å². The molecule has 1 rings (SSSR count). The van der Waals surface area contributed by atoms with Gasteiger partial charge in [-0.2, -0.15) is 0 Å². The maximum atomic E-state index is 7.75. The Hall–Kier alpha value is -1.84. The van der Waals surface area contributed by atoms with Gasteiger partial charge in [0, 0.05) is 6.52 Å². The van der Waals surface area contributed by atoms with Crippen molar-refractivity contribution in [3.8, 4) is 0 Å². The highest BCUT2D eigenvalue weighted by Gasteiger charge is 1.92. The number of nitrogens with zero attached hydrogens (tertiary/aromatic N) is 1. The first-order valence-electron chi connectivity index (χ1n) is 6.94. The van der Waals surface area contributed by atoms with E-state index in [1.54, 1.807) is 0 Å². The SMILES string of the molecule is [2H]c1cc([2H])c([2H])c(CC([2H])N=C(N)NC(C)=N)c1[2H]. The van der Waals surface area contributed by atoms with Gasteiger partial charge in [0.05, 0.1) is 12.7 Å². The Balaban J connectivity index is 2.96. The van der Waals surface area contributed by atoms with Crippen molar-refractivity contribution in [3.63, 3.8) is 0 Å². The fraction of sp³-hybridized carbons (Fsp3) is 0.273. The van der Waals surface area contributed by atoms with Crippen molar-refractivity contribution in [2.24, 2.45) is 10.7 Å². The van der Waals surface area contributed by atoms with Crippen LogP contribution in [0.15, 0.2) is 35.2 Å². The summed E-state index contributed by atoms with van der Waals surface area (Å²) in [6.07, 6.45) is -0.0876. The van der Waals surface area contributed by atoms with E-state index in [2.05, 4.69) is 10.3 Å². The molecule has 0 bridgehead atoms. The van der Waals surface area contributed by atoms with Crippen LogP contribution in [0, 0.1) is 5.41 Å². The van der Waals surface area contributed by atoms with Crippen molar-refractivity contribution in [3.05, 3.63) is 35.8 Å². The minimum Gasteiger partial charge on any atom is -0.370 e. The van der Waals surface area contributed by atoms with Gasteiger partial charge in [-0.15, -0.1) is 0 Å². The third-order valence-corrected chi connectivity index (χ3v) is 1.43. The predicted molar refractivity (Wildman–Crippen MR) is 63.2 cm³/mol. The molecule has 0 heterocycles. The molecule has 1 aromatic carbocycles. The van der Waals surface area contributed by atoms with E-state index in [0.717, 1.165) is 6.07 Å². The molecule has 80 valence electrons. The van der Waals surface area contributed by atoms with Gasteiger partial charge < -0.3 is 11.1 Å². The van der Waals surface area contributed by atoms with Gasteiger partial charge in [-0.3, -0.25) is 10.4 Å². The zero-order chi connectivity index (χ0) is 15.4. The van der Waals surface area contributed by atoms with E-state index in [9.17, 15) is 0 Å². The van der Waals surface area contributed by atoms with Crippen LogP contribution in [0.2, 0.25) is 0 Å². The molecule has 0 aliphatic heterocycles. The minimum absolute atomic E-state index is 0.0856. The van der Waals surface area contributed by atoms with Gasteiger partial charge in [-0.05, 0) is 18.9 Å². The molecule has 0 spiro atoms. The number of rotatable bonds is 3. The summed E-state index contributed by atoms with van der Waals surface area (Å²) in [7, 11) is 0. The average Bonchev–Trinajstić information content (AvgIpc) is 2.31. The molecule has 0 saturated carbocycles. The summed E-state index contributed by atoms with van der Waals surface area (Å²) in [6.45, 7) is 0.400. The molecule has 1 atom stereocenters. The smallest absolute Gasteiger partial charge is 0.194 e. The highest BCUT2D eigenvalue weighted by molar-refractivity contribution is 5.96. The van der Waals surface area contributed by atoms with Crippen LogP contribution in [0.3, 0.4) is 0 Å². The Morgan fingerprint density at radius 2 is 2.33 bits per heavy atom. The fourth-order valence-corrected chi connectivity index (χ4v) is 0.875. The Kier molecular flexibility index (Phi) is 2.28. The maximum absolute atomic E-state index is 7.75. The van der Waals surface area contributed by atoms with Crippen LogP contribution in [0.25, 0.3) is 0 Å². The summed E-state index contributed by atoms with van der Waals surface area (Å²) in [5, 5.41) is 9.61. The van der Waals surface area contributed by atoms with E-state index in [1.807, 2.05) is 0 Å². The zero-order valence-electron chi connectivity index (χ0n) is 13.4. The third kappa shape index (κ3) is 4.81. The van der Waals surface area contributed by atoms with E-state index in [1.165, 1.54) is 6.92 Å². The molecule has 4 heteroatoms. The molecule has 4 nitrogen and oxygen atoms in total. The Labute approximate surface area is 96.8 Å². The van der Waals surface area contributed by atoms with E-state index in [-0.39, 0.29) is 47.9 Å². The van der Waals surface area contributed by atoms with E-state index < -0.39 is 6.52 Å². The molecule has 0 fully saturated rings. The minimum atomic E-state index is -1.07. The second-order valence-electron chi connectivity index (χ2n) is 2.81.